The number of anilines is 1. The fourth-order valence-corrected chi connectivity index (χ4v) is 5.17. The number of nitrogens with one attached hydrogen (secondary N) is 1. The van der Waals surface area contributed by atoms with Crippen molar-refractivity contribution < 1.29 is 18.3 Å². The summed E-state index contributed by atoms with van der Waals surface area (Å²) in [5.74, 6) is -0.268. The quantitative estimate of drug-likeness (QED) is 0.602. The molecule has 0 radical (unpaired) electrons. The number of sulfone groups is 1. The highest BCUT2D eigenvalue weighted by Crippen LogP contribution is 2.36. The number of nitriles is 1. The highest BCUT2D eigenvalue weighted by atomic mass is 35.5. The van der Waals surface area contributed by atoms with E-state index in [-0.39, 0.29) is 27.3 Å². The van der Waals surface area contributed by atoms with Gasteiger partial charge in [0.25, 0.3) is 0 Å². The Kier molecular flexibility index (Phi) is 7.26. The van der Waals surface area contributed by atoms with Crippen LogP contribution in [0.2, 0.25) is 5.02 Å². The molecule has 1 heterocycles. The van der Waals surface area contributed by atoms with Crippen LogP contribution in [-0.2, 0) is 14.6 Å². The van der Waals surface area contributed by atoms with E-state index in [1.165, 1.54) is 24.5 Å². The summed E-state index contributed by atoms with van der Waals surface area (Å²) in [4.78, 5) is 21.2. The summed E-state index contributed by atoms with van der Waals surface area (Å²) < 4.78 is 23.7. The fraction of sp³-hybridized carbons (Fsp3) is 0.429. The van der Waals surface area contributed by atoms with Gasteiger partial charge >= 0.3 is 0 Å². The molecule has 1 aromatic heterocycles. The van der Waals surface area contributed by atoms with Gasteiger partial charge in [-0.3, -0.25) is 9.78 Å². The molecule has 1 fully saturated rings. The van der Waals surface area contributed by atoms with Gasteiger partial charge < -0.3 is 10.4 Å². The van der Waals surface area contributed by atoms with Gasteiger partial charge in [-0.2, -0.15) is 5.26 Å². The van der Waals surface area contributed by atoms with Gasteiger partial charge in [0.1, 0.15) is 11.8 Å². The van der Waals surface area contributed by atoms with Crippen LogP contribution in [-0.4, -0.2) is 35.7 Å². The second-order valence-corrected chi connectivity index (χ2v) is 10.1. The van der Waals surface area contributed by atoms with Crippen molar-refractivity contribution >= 4 is 33.2 Å². The third-order valence-corrected chi connectivity index (χ3v) is 7.02. The van der Waals surface area contributed by atoms with Crippen LogP contribution in [0, 0.1) is 17.2 Å². The van der Waals surface area contributed by atoms with Crippen LogP contribution in [0.15, 0.2) is 35.5 Å². The summed E-state index contributed by atoms with van der Waals surface area (Å²) in [7, 11) is -3.47. The average molecular weight is 463 g/mol. The van der Waals surface area contributed by atoms with Crippen LogP contribution in [0.4, 0.5) is 5.82 Å². The Hall–Kier alpha value is -2.54. The molecular weight excluding hydrogens is 440 g/mol. The number of nitrogens with zero attached hydrogens (tertiary/aromatic N) is 3. The van der Waals surface area contributed by atoms with E-state index >= 15 is 0 Å². The molecule has 1 aromatic carbocycles. The molecule has 10 heteroatoms. The molecule has 0 spiro atoms. The number of aromatic nitrogens is 2. The van der Waals surface area contributed by atoms with Crippen LogP contribution < -0.4 is 5.32 Å². The molecule has 1 saturated carbocycles. The van der Waals surface area contributed by atoms with Crippen LogP contribution >= 0.6 is 11.6 Å². The molecule has 0 bridgehead atoms. The van der Waals surface area contributed by atoms with Gasteiger partial charge in [-0.25, -0.2) is 13.4 Å². The summed E-state index contributed by atoms with van der Waals surface area (Å²) in [5, 5.41) is 21.0. The maximum Gasteiger partial charge on any atom is 0.233 e. The van der Waals surface area contributed by atoms with Gasteiger partial charge in [0.05, 0.1) is 28.2 Å². The van der Waals surface area contributed by atoms with E-state index in [2.05, 4.69) is 15.3 Å². The standard InChI is InChI=1S/C21H23ClN4O4S/c1-31(29,30)19-7-6-14(9-16(19)22)15(8-13-4-2-3-5-13)21(28)26-20-12-24-17(11-25-20)18(27)10-23/h6-7,9,11-13,15,18,27H,2-5,8H2,1H3,(H,25,26,28)/t15-,18?/m1/s1. The van der Waals surface area contributed by atoms with Crippen molar-refractivity contribution in [2.24, 2.45) is 5.92 Å². The first kappa shape index (κ1) is 23.1. The first-order valence-electron chi connectivity index (χ1n) is 9.89. The van der Waals surface area contributed by atoms with Crippen LogP contribution in [0.5, 0.6) is 0 Å². The second kappa shape index (κ2) is 9.73. The Morgan fingerprint density at radius 3 is 2.58 bits per heavy atom. The van der Waals surface area contributed by atoms with Crippen molar-refractivity contribution in [2.75, 3.05) is 11.6 Å². The van der Waals surface area contributed by atoms with Crippen molar-refractivity contribution in [1.82, 2.24) is 9.97 Å². The molecule has 164 valence electrons. The SMILES string of the molecule is CS(=O)(=O)c1ccc([C@@H](CC2CCCC2)C(=O)Nc2cnc(C(O)C#N)cn2)cc1Cl. The van der Waals surface area contributed by atoms with Gasteiger partial charge in [0, 0.05) is 6.26 Å². The number of amides is 1. The van der Waals surface area contributed by atoms with Crippen LogP contribution in [0.1, 0.15) is 55.4 Å². The van der Waals surface area contributed by atoms with Gasteiger partial charge in [0.2, 0.25) is 5.91 Å². The van der Waals surface area contributed by atoms with E-state index in [1.807, 2.05) is 0 Å². The predicted octanol–water partition coefficient (Wildman–Crippen LogP) is 3.39. The summed E-state index contributed by atoms with van der Waals surface area (Å²) in [6.07, 6.45) is 7.15. The number of carbonyl (C=O) groups is 1. The van der Waals surface area contributed by atoms with Gasteiger partial charge in [-0.05, 0) is 30.0 Å². The molecule has 1 aliphatic rings. The lowest BCUT2D eigenvalue weighted by molar-refractivity contribution is -0.118. The Bertz CT molecular complexity index is 1090. The highest BCUT2D eigenvalue weighted by Gasteiger charge is 2.28. The van der Waals surface area contributed by atoms with Crippen molar-refractivity contribution in [1.29, 1.82) is 5.26 Å². The molecule has 2 aromatic rings. The highest BCUT2D eigenvalue weighted by molar-refractivity contribution is 7.90. The van der Waals surface area contributed by atoms with E-state index in [9.17, 15) is 18.3 Å². The second-order valence-electron chi connectivity index (χ2n) is 7.75. The number of hydrogen-bond acceptors (Lipinski definition) is 7. The molecule has 1 unspecified atom stereocenters. The zero-order chi connectivity index (χ0) is 22.6. The monoisotopic (exact) mass is 462 g/mol. The fourth-order valence-electron chi connectivity index (χ4n) is 3.83. The Morgan fingerprint density at radius 1 is 1.32 bits per heavy atom. The molecule has 3 rings (SSSR count). The third-order valence-electron chi connectivity index (χ3n) is 5.44. The topological polar surface area (TPSA) is 133 Å². The Labute approximate surface area is 186 Å². The van der Waals surface area contributed by atoms with Gasteiger partial charge in [0.15, 0.2) is 21.8 Å². The van der Waals surface area contributed by atoms with Gasteiger partial charge in [-0.1, -0.05) is 43.4 Å². The zero-order valence-electron chi connectivity index (χ0n) is 17.0. The molecule has 2 atom stereocenters. The number of benzene rings is 1. The van der Waals surface area contributed by atoms with E-state index < -0.39 is 21.9 Å². The summed E-state index contributed by atoms with van der Waals surface area (Å²) in [6.45, 7) is 0. The number of halogens is 1. The largest absolute Gasteiger partial charge is 0.373 e. The molecule has 8 nitrogen and oxygen atoms in total. The molecular formula is C21H23ClN4O4S. The predicted molar refractivity (Wildman–Crippen MR) is 115 cm³/mol. The summed E-state index contributed by atoms with van der Waals surface area (Å²) in [5.41, 5.74) is 0.720. The summed E-state index contributed by atoms with van der Waals surface area (Å²) in [6, 6.07) is 6.24. The Morgan fingerprint density at radius 2 is 2.03 bits per heavy atom. The molecule has 2 N–H and O–H groups in total. The molecule has 31 heavy (non-hydrogen) atoms. The zero-order valence-corrected chi connectivity index (χ0v) is 18.5. The van der Waals surface area contributed by atoms with Crippen molar-refractivity contribution in [2.45, 2.75) is 49.0 Å². The Balaban J connectivity index is 1.85. The number of hydrogen-bond donors (Lipinski definition) is 2. The number of aliphatic hydroxyl groups excluding tert-OH is 1. The molecule has 0 aliphatic heterocycles. The summed E-state index contributed by atoms with van der Waals surface area (Å²) >= 11 is 6.22. The van der Waals surface area contributed by atoms with E-state index in [0.29, 0.717) is 17.9 Å². The minimum absolute atomic E-state index is 0.0236. The maximum atomic E-state index is 13.1. The van der Waals surface area contributed by atoms with E-state index in [1.54, 1.807) is 12.1 Å². The average Bonchev–Trinajstić information content (AvgIpc) is 3.24. The van der Waals surface area contributed by atoms with E-state index in [0.717, 1.165) is 31.9 Å². The lowest BCUT2D eigenvalue weighted by Crippen LogP contribution is -2.24. The van der Waals surface area contributed by atoms with Crippen molar-refractivity contribution in [3.05, 3.63) is 46.9 Å². The number of aliphatic hydroxyl groups is 1. The van der Waals surface area contributed by atoms with Crippen molar-refractivity contribution in [3.63, 3.8) is 0 Å². The molecule has 1 amide bonds. The van der Waals surface area contributed by atoms with Gasteiger partial charge in [-0.15, -0.1) is 0 Å². The van der Waals surface area contributed by atoms with Crippen LogP contribution in [0.3, 0.4) is 0 Å². The number of rotatable bonds is 7. The smallest absolute Gasteiger partial charge is 0.233 e. The maximum absolute atomic E-state index is 13.1. The van der Waals surface area contributed by atoms with E-state index in [4.69, 9.17) is 16.9 Å². The first-order chi connectivity index (χ1) is 14.7. The normalized spacial score (nSPS) is 16.5. The minimum atomic E-state index is -3.47. The molecule has 1 aliphatic carbocycles. The minimum Gasteiger partial charge on any atom is -0.373 e. The number of carbonyl (C=O) groups excluding carboxylic acids is 1. The third kappa shape index (κ3) is 5.79. The molecule has 0 saturated heterocycles. The first-order valence-corrected chi connectivity index (χ1v) is 12.2. The lowest BCUT2D eigenvalue weighted by atomic mass is 9.87. The van der Waals surface area contributed by atoms with Crippen LogP contribution in [0.25, 0.3) is 0 Å². The van der Waals surface area contributed by atoms with Crippen molar-refractivity contribution in [3.8, 4) is 6.07 Å². The lowest BCUT2D eigenvalue weighted by Gasteiger charge is -2.21.